The fourth-order valence-corrected chi connectivity index (χ4v) is 2.37. The summed E-state index contributed by atoms with van der Waals surface area (Å²) in [6.45, 7) is -2.85. The highest BCUT2D eigenvalue weighted by atomic mass is 127. The monoisotopic (exact) mass is 352 g/mol. The molecule has 0 N–H and O–H groups in total. The van der Waals surface area contributed by atoms with Crippen LogP contribution in [0.3, 0.4) is 0 Å². The van der Waals surface area contributed by atoms with E-state index in [4.69, 9.17) is 23.2 Å². The van der Waals surface area contributed by atoms with E-state index in [-0.39, 0.29) is 11.6 Å². The Hall–Kier alpha value is 0.190. The first-order chi connectivity index (χ1) is 6.54. The van der Waals surface area contributed by atoms with Gasteiger partial charge in [0.1, 0.15) is 5.75 Å². The van der Waals surface area contributed by atoms with E-state index in [1.807, 2.05) is 22.6 Å². The molecule has 0 saturated carbocycles. The van der Waals surface area contributed by atoms with Gasteiger partial charge in [0, 0.05) is 10.6 Å². The number of hydrogen-bond acceptors (Lipinski definition) is 1. The second-order valence-corrected chi connectivity index (χ2v) is 4.25. The molecule has 14 heavy (non-hydrogen) atoms. The van der Waals surface area contributed by atoms with Gasteiger partial charge in [-0.05, 0) is 34.7 Å². The third-order valence-electron chi connectivity index (χ3n) is 1.44. The molecule has 78 valence electrons. The standard InChI is InChI=1S/C8H5Cl2F2IO/c9-3-4-1-5(10)2-6(13)7(4)14-8(11)12/h1-2,8H,3H2. The molecular weight excluding hydrogens is 348 g/mol. The molecular formula is C8H5Cl2F2IO. The molecule has 0 bridgehead atoms. The molecule has 0 fully saturated rings. The minimum absolute atomic E-state index is 0.0820. The molecule has 0 spiro atoms. The zero-order valence-corrected chi connectivity index (χ0v) is 10.4. The Labute approximate surface area is 103 Å². The summed E-state index contributed by atoms with van der Waals surface area (Å²) in [6, 6.07) is 3.05. The summed E-state index contributed by atoms with van der Waals surface area (Å²) in [5, 5.41) is 0.451. The van der Waals surface area contributed by atoms with Crippen LogP contribution in [-0.4, -0.2) is 6.61 Å². The molecule has 0 aliphatic rings. The smallest absolute Gasteiger partial charge is 0.387 e. The Bertz CT molecular complexity index is 333. The first kappa shape index (κ1) is 12.3. The number of benzene rings is 1. The van der Waals surface area contributed by atoms with Gasteiger partial charge in [-0.2, -0.15) is 8.78 Å². The Kier molecular flexibility index (Phi) is 4.66. The zero-order valence-electron chi connectivity index (χ0n) is 6.74. The molecule has 0 atom stereocenters. The fraction of sp³-hybridized carbons (Fsp3) is 0.250. The fourth-order valence-electron chi connectivity index (χ4n) is 0.934. The van der Waals surface area contributed by atoms with E-state index in [2.05, 4.69) is 4.74 Å². The first-order valence-corrected chi connectivity index (χ1v) is 5.52. The predicted molar refractivity (Wildman–Crippen MR) is 60.4 cm³/mol. The second-order valence-electron chi connectivity index (χ2n) is 2.39. The summed E-state index contributed by atoms with van der Waals surface area (Å²) in [5.41, 5.74) is 0.462. The van der Waals surface area contributed by atoms with Crippen LogP contribution in [0.1, 0.15) is 5.56 Å². The van der Waals surface area contributed by atoms with Crippen LogP contribution >= 0.6 is 45.8 Å². The first-order valence-electron chi connectivity index (χ1n) is 3.53. The highest BCUT2D eigenvalue weighted by molar-refractivity contribution is 14.1. The number of halogens is 5. The Morgan fingerprint density at radius 2 is 2.07 bits per heavy atom. The molecule has 0 aromatic heterocycles. The zero-order chi connectivity index (χ0) is 10.7. The van der Waals surface area contributed by atoms with Crippen LogP contribution in [0, 0.1) is 3.57 Å². The maximum absolute atomic E-state index is 12.0. The van der Waals surface area contributed by atoms with E-state index in [0.717, 1.165) is 0 Å². The van der Waals surface area contributed by atoms with Crippen LogP contribution in [0.15, 0.2) is 12.1 Å². The molecule has 1 aromatic carbocycles. The topological polar surface area (TPSA) is 9.23 Å². The largest absolute Gasteiger partial charge is 0.433 e. The lowest BCUT2D eigenvalue weighted by Crippen LogP contribution is -2.05. The molecule has 1 nitrogen and oxygen atoms in total. The average Bonchev–Trinajstić information content (AvgIpc) is 2.08. The van der Waals surface area contributed by atoms with E-state index >= 15 is 0 Å². The van der Waals surface area contributed by atoms with E-state index in [9.17, 15) is 8.78 Å². The summed E-state index contributed by atoms with van der Waals surface area (Å²) in [6.07, 6.45) is 0. The SMILES string of the molecule is FC(F)Oc1c(I)cc(Cl)cc1CCl. The van der Waals surface area contributed by atoms with Gasteiger partial charge < -0.3 is 4.74 Å². The molecule has 1 rings (SSSR count). The molecule has 0 aliphatic carbocycles. The van der Waals surface area contributed by atoms with Crippen molar-refractivity contribution in [3.05, 3.63) is 26.3 Å². The van der Waals surface area contributed by atoms with E-state index < -0.39 is 6.61 Å². The lowest BCUT2D eigenvalue weighted by Gasteiger charge is -2.11. The number of rotatable bonds is 3. The number of alkyl halides is 3. The van der Waals surface area contributed by atoms with Crippen molar-refractivity contribution >= 4 is 45.8 Å². The quantitative estimate of drug-likeness (QED) is 0.582. The molecule has 0 aliphatic heterocycles. The van der Waals surface area contributed by atoms with Crippen molar-refractivity contribution in [2.75, 3.05) is 0 Å². The van der Waals surface area contributed by atoms with Crippen molar-refractivity contribution in [3.63, 3.8) is 0 Å². The number of ether oxygens (including phenoxy) is 1. The van der Waals surface area contributed by atoms with Gasteiger partial charge in [-0.3, -0.25) is 0 Å². The highest BCUT2D eigenvalue weighted by Crippen LogP contribution is 2.31. The lowest BCUT2D eigenvalue weighted by molar-refractivity contribution is -0.0509. The Balaban J connectivity index is 3.11. The van der Waals surface area contributed by atoms with Crippen molar-refractivity contribution < 1.29 is 13.5 Å². The van der Waals surface area contributed by atoms with Gasteiger partial charge >= 0.3 is 6.61 Å². The Morgan fingerprint density at radius 3 is 2.57 bits per heavy atom. The van der Waals surface area contributed by atoms with Gasteiger partial charge in [0.15, 0.2) is 0 Å². The maximum Gasteiger partial charge on any atom is 0.387 e. The predicted octanol–water partition coefficient (Wildman–Crippen LogP) is 4.28. The van der Waals surface area contributed by atoms with Crippen LogP contribution in [-0.2, 0) is 5.88 Å². The molecule has 1 aromatic rings. The van der Waals surface area contributed by atoms with Crippen LogP contribution in [0.4, 0.5) is 8.78 Å². The van der Waals surface area contributed by atoms with Crippen molar-refractivity contribution in [2.24, 2.45) is 0 Å². The van der Waals surface area contributed by atoms with Gasteiger partial charge in [0.05, 0.1) is 9.45 Å². The molecule has 0 radical (unpaired) electrons. The third-order valence-corrected chi connectivity index (χ3v) is 2.74. The molecule has 0 saturated heterocycles. The lowest BCUT2D eigenvalue weighted by atomic mass is 10.2. The second kappa shape index (κ2) is 5.32. The van der Waals surface area contributed by atoms with E-state index in [0.29, 0.717) is 14.2 Å². The molecule has 0 amide bonds. The Morgan fingerprint density at radius 1 is 1.43 bits per heavy atom. The van der Waals surface area contributed by atoms with Crippen LogP contribution in [0.25, 0.3) is 0 Å². The summed E-state index contributed by atoms with van der Waals surface area (Å²) < 4.78 is 28.9. The third kappa shape index (κ3) is 3.10. The van der Waals surface area contributed by atoms with Gasteiger partial charge in [-0.15, -0.1) is 11.6 Å². The minimum Gasteiger partial charge on any atom is -0.433 e. The van der Waals surface area contributed by atoms with Crippen LogP contribution in [0.2, 0.25) is 5.02 Å². The van der Waals surface area contributed by atoms with Gasteiger partial charge in [-0.25, -0.2) is 0 Å². The highest BCUT2D eigenvalue weighted by Gasteiger charge is 2.13. The molecule has 6 heteroatoms. The minimum atomic E-state index is -2.85. The van der Waals surface area contributed by atoms with Crippen molar-refractivity contribution in [2.45, 2.75) is 12.5 Å². The summed E-state index contributed by atoms with van der Waals surface area (Å²) in [4.78, 5) is 0. The molecule has 0 unspecified atom stereocenters. The van der Waals surface area contributed by atoms with E-state index in [1.54, 1.807) is 0 Å². The average molecular weight is 353 g/mol. The van der Waals surface area contributed by atoms with E-state index in [1.165, 1.54) is 12.1 Å². The van der Waals surface area contributed by atoms with Crippen molar-refractivity contribution in [1.29, 1.82) is 0 Å². The summed E-state index contributed by atoms with van der Waals surface area (Å²) in [5.74, 6) is 0.179. The van der Waals surface area contributed by atoms with Crippen molar-refractivity contribution in [3.8, 4) is 5.75 Å². The van der Waals surface area contributed by atoms with Crippen LogP contribution in [0.5, 0.6) is 5.75 Å². The van der Waals surface area contributed by atoms with Gasteiger partial charge in [0.25, 0.3) is 0 Å². The van der Waals surface area contributed by atoms with Gasteiger partial charge in [0.2, 0.25) is 0 Å². The van der Waals surface area contributed by atoms with Crippen LogP contribution < -0.4 is 4.74 Å². The maximum atomic E-state index is 12.0. The number of hydrogen-bond donors (Lipinski definition) is 0. The summed E-state index contributed by atoms with van der Waals surface area (Å²) >= 11 is 13.2. The van der Waals surface area contributed by atoms with Crippen molar-refractivity contribution in [1.82, 2.24) is 0 Å². The molecule has 0 heterocycles. The normalized spacial score (nSPS) is 10.7. The van der Waals surface area contributed by atoms with Gasteiger partial charge in [-0.1, -0.05) is 11.6 Å². The summed E-state index contributed by atoms with van der Waals surface area (Å²) in [7, 11) is 0.